The predicted octanol–water partition coefficient (Wildman–Crippen LogP) is 3.01. The Bertz CT molecular complexity index is 685. The molecule has 1 aliphatic rings. The standard InChI is InChI=1S/C15H16FNO3S/c1-8-11(5-6-20-8)17-7-9-13-10(16)3-2-4-12(13)21-14(9)15(18)19/h2-4,8,11,17H,5-7H2,1H3,(H,18,19). The molecule has 2 heterocycles. The van der Waals surface area contributed by atoms with Gasteiger partial charge in [-0.1, -0.05) is 6.07 Å². The van der Waals surface area contributed by atoms with E-state index < -0.39 is 5.97 Å². The van der Waals surface area contributed by atoms with Gasteiger partial charge < -0.3 is 15.2 Å². The van der Waals surface area contributed by atoms with Crippen LogP contribution in [0.5, 0.6) is 0 Å². The first-order valence-electron chi connectivity index (χ1n) is 6.86. The summed E-state index contributed by atoms with van der Waals surface area (Å²) in [6.45, 7) is 3.01. The third-order valence-electron chi connectivity index (χ3n) is 3.87. The molecule has 2 N–H and O–H groups in total. The predicted molar refractivity (Wildman–Crippen MR) is 79.4 cm³/mol. The summed E-state index contributed by atoms with van der Waals surface area (Å²) in [4.78, 5) is 11.6. The minimum atomic E-state index is -1.01. The number of carboxylic acids is 1. The zero-order valence-electron chi connectivity index (χ0n) is 11.6. The summed E-state index contributed by atoms with van der Waals surface area (Å²) in [6, 6.07) is 4.89. The largest absolute Gasteiger partial charge is 0.477 e. The van der Waals surface area contributed by atoms with Crippen LogP contribution in [0.3, 0.4) is 0 Å². The van der Waals surface area contributed by atoms with Crippen LogP contribution >= 0.6 is 11.3 Å². The molecule has 0 saturated carbocycles. The molecule has 2 atom stereocenters. The molecule has 1 aliphatic heterocycles. The fourth-order valence-corrected chi connectivity index (χ4v) is 3.82. The van der Waals surface area contributed by atoms with E-state index >= 15 is 0 Å². The second-order valence-electron chi connectivity index (χ2n) is 5.18. The monoisotopic (exact) mass is 309 g/mol. The molecule has 0 bridgehead atoms. The van der Waals surface area contributed by atoms with E-state index in [9.17, 15) is 14.3 Å². The Balaban J connectivity index is 1.95. The minimum Gasteiger partial charge on any atom is -0.477 e. The Hall–Kier alpha value is -1.50. The van der Waals surface area contributed by atoms with Gasteiger partial charge in [-0.15, -0.1) is 11.3 Å². The summed E-state index contributed by atoms with van der Waals surface area (Å²) in [6.07, 6.45) is 0.974. The van der Waals surface area contributed by atoms with Crippen LogP contribution in [0.1, 0.15) is 28.6 Å². The first-order chi connectivity index (χ1) is 10.1. The maximum absolute atomic E-state index is 14.1. The van der Waals surface area contributed by atoms with Crippen molar-refractivity contribution in [2.45, 2.75) is 32.0 Å². The number of benzene rings is 1. The molecule has 3 rings (SSSR count). The molecule has 1 aromatic carbocycles. The molecular formula is C15H16FNO3S. The third-order valence-corrected chi connectivity index (χ3v) is 5.06. The summed E-state index contributed by atoms with van der Waals surface area (Å²) in [5, 5.41) is 13.1. The van der Waals surface area contributed by atoms with Crippen molar-refractivity contribution in [2.75, 3.05) is 6.61 Å². The summed E-state index contributed by atoms with van der Waals surface area (Å²) < 4.78 is 20.2. The number of rotatable bonds is 4. The normalized spacial score (nSPS) is 22.0. The number of hydrogen-bond donors (Lipinski definition) is 2. The Kier molecular flexibility index (Phi) is 3.93. The number of ether oxygens (including phenoxy) is 1. The van der Waals surface area contributed by atoms with Crippen molar-refractivity contribution >= 4 is 27.4 Å². The average Bonchev–Trinajstić information content (AvgIpc) is 3.01. The van der Waals surface area contributed by atoms with E-state index in [1.54, 1.807) is 12.1 Å². The second-order valence-corrected chi connectivity index (χ2v) is 6.23. The number of hydrogen-bond acceptors (Lipinski definition) is 4. The highest BCUT2D eigenvalue weighted by molar-refractivity contribution is 7.21. The SMILES string of the molecule is CC1OCCC1NCc1c(C(=O)O)sc2cccc(F)c12. The number of thiophene rings is 1. The first kappa shape index (κ1) is 14.4. The van der Waals surface area contributed by atoms with E-state index in [-0.39, 0.29) is 22.8 Å². The van der Waals surface area contributed by atoms with Gasteiger partial charge in [-0.2, -0.15) is 0 Å². The molecule has 1 fully saturated rings. The van der Waals surface area contributed by atoms with Crippen molar-refractivity contribution in [2.24, 2.45) is 0 Å². The lowest BCUT2D eigenvalue weighted by atomic mass is 10.1. The minimum absolute atomic E-state index is 0.0908. The maximum atomic E-state index is 14.1. The van der Waals surface area contributed by atoms with Crippen LogP contribution in [0.15, 0.2) is 18.2 Å². The number of carboxylic acid groups (broad SMARTS) is 1. The summed E-state index contributed by atoms with van der Waals surface area (Å²) in [5.74, 6) is -1.38. The molecule has 2 aromatic rings. The van der Waals surface area contributed by atoms with Crippen LogP contribution in [-0.2, 0) is 11.3 Å². The van der Waals surface area contributed by atoms with Crippen molar-refractivity contribution in [3.05, 3.63) is 34.5 Å². The molecule has 0 aliphatic carbocycles. The lowest BCUT2D eigenvalue weighted by Crippen LogP contribution is -2.34. The Morgan fingerprint density at radius 2 is 2.38 bits per heavy atom. The summed E-state index contributed by atoms with van der Waals surface area (Å²) in [5.41, 5.74) is 0.528. The molecule has 21 heavy (non-hydrogen) atoms. The number of halogens is 1. The second kappa shape index (κ2) is 5.71. The zero-order chi connectivity index (χ0) is 15.0. The van der Waals surface area contributed by atoms with Crippen LogP contribution < -0.4 is 5.32 Å². The van der Waals surface area contributed by atoms with Gasteiger partial charge in [0.05, 0.1) is 6.10 Å². The van der Waals surface area contributed by atoms with Gasteiger partial charge in [0, 0.05) is 34.8 Å². The molecule has 0 amide bonds. The average molecular weight is 309 g/mol. The summed E-state index contributed by atoms with van der Waals surface area (Å²) >= 11 is 1.12. The van der Waals surface area contributed by atoms with E-state index in [1.807, 2.05) is 6.92 Å². The fraction of sp³-hybridized carbons (Fsp3) is 0.400. The molecule has 1 aromatic heterocycles. The van der Waals surface area contributed by atoms with Crippen molar-refractivity contribution in [1.82, 2.24) is 5.32 Å². The number of aromatic carboxylic acids is 1. The van der Waals surface area contributed by atoms with Gasteiger partial charge in [0.1, 0.15) is 10.7 Å². The molecule has 6 heteroatoms. The highest BCUT2D eigenvalue weighted by Crippen LogP contribution is 2.33. The van der Waals surface area contributed by atoms with E-state index in [0.717, 1.165) is 17.8 Å². The molecule has 2 unspecified atom stereocenters. The molecular weight excluding hydrogens is 293 g/mol. The zero-order valence-corrected chi connectivity index (χ0v) is 12.4. The van der Waals surface area contributed by atoms with Gasteiger partial charge in [-0.25, -0.2) is 9.18 Å². The highest BCUT2D eigenvalue weighted by Gasteiger charge is 2.26. The fourth-order valence-electron chi connectivity index (χ4n) is 2.74. The molecule has 112 valence electrons. The van der Waals surface area contributed by atoms with E-state index in [0.29, 0.717) is 28.8 Å². The lowest BCUT2D eigenvalue weighted by molar-refractivity contribution is 0.0701. The third kappa shape index (κ3) is 2.66. The van der Waals surface area contributed by atoms with Crippen LogP contribution in [0.4, 0.5) is 4.39 Å². The quantitative estimate of drug-likeness (QED) is 0.911. The van der Waals surface area contributed by atoms with Gasteiger partial charge in [0.2, 0.25) is 0 Å². The van der Waals surface area contributed by atoms with Crippen molar-refractivity contribution < 1.29 is 19.0 Å². The van der Waals surface area contributed by atoms with E-state index in [2.05, 4.69) is 5.32 Å². The number of fused-ring (bicyclic) bond motifs is 1. The Morgan fingerprint density at radius 1 is 1.57 bits per heavy atom. The van der Waals surface area contributed by atoms with Gasteiger partial charge >= 0.3 is 5.97 Å². The molecule has 1 saturated heterocycles. The topological polar surface area (TPSA) is 58.6 Å². The smallest absolute Gasteiger partial charge is 0.346 e. The molecule has 0 radical (unpaired) electrons. The number of nitrogens with one attached hydrogen (secondary N) is 1. The van der Waals surface area contributed by atoms with Crippen molar-refractivity contribution in [3.8, 4) is 0 Å². The van der Waals surface area contributed by atoms with Crippen LogP contribution in [0.25, 0.3) is 10.1 Å². The van der Waals surface area contributed by atoms with E-state index in [4.69, 9.17) is 4.74 Å². The molecule has 4 nitrogen and oxygen atoms in total. The van der Waals surface area contributed by atoms with Crippen molar-refractivity contribution in [3.63, 3.8) is 0 Å². The molecule has 0 spiro atoms. The van der Waals surface area contributed by atoms with Crippen LogP contribution in [-0.4, -0.2) is 29.8 Å². The van der Waals surface area contributed by atoms with Gasteiger partial charge in [0.25, 0.3) is 0 Å². The Labute approximate surface area is 125 Å². The first-order valence-corrected chi connectivity index (χ1v) is 7.67. The van der Waals surface area contributed by atoms with E-state index in [1.165, 1.54) is 6.07 Å². The number of carbonyl (C=O) groups is 1. The maximum Gasteiger partial charge on any atom is 0.346 e. The van der Waals surface area contributed by atoms with Gasteiger partial charge in [-0.3, -0.25) is 0 Å². The summed E-state index contributed by atoms with van der Waals surface area (Å²) in [7, 11) is 0. The van der Waals surface area contributed by atoms with Crippen LogP contribution in [0.2, 0.25) is 0 Å². The lowest BCUT2D eigenvalue weighted by Gasteiger charge is -2.16. The van der Waals surface area contributed by atoms with Gasteiger partial charge in [-0.05, 0) is 25.5 Å². The van der Waals surface area contributed by atoms with Crippen LogP contribution in [0, 0.1) is 5.82 Å². The van der Waals surface area contributed by atoms with Gasteiger partial charge in [0.15, 0.2) is 0 Å². The van der Waals surface area contributed by atoms with Crippen molar-refractivity contribution in [1.29, 1.82) is 0 Å². The highest BCUT2D eigenvalue weighted by atomic mass is 32.1. The Morgan fingerprint density at radius 3 is 3.05 bits per heavy atom.